The van der Waals surface area contributed by atoms with Crippen LogP contribution in [0.15, 0.2) is 23.1 Å². The highest BCUT2D eigenvalue weighted by Crippen LogP contribution is 2.27. The molecule has 1 fully saturated rings. The van der Waals surface area contributed by atoms with E-state index in [0.717, 1.165) is 4.90 Å². The van der Waals surface area contributed by atoms with Crippen molar-refractivity contribution in [3.63, 3.8) is 0 Å². The van der Waals surface area contributed by atoms with Gasteiger partial charge in [-0.1, -0.05) is 11.6 Å². The fourth-order valence-corrected chi connectivity index (χ4v) is 3.84. The summed E-state index contributed by atoms with van der Waals surface area (Å²) in [7, 11) is 0. The molecule has 0 saturated carbocycles. The molecule has 3 atom stereocenters. The van der Waals surface area contributed by atoms with Crippen LogP contribution >= 0.6 is 11.6 Å². The summed E-state index contributed by atoms with van der Waals surface area (Å²) >= 11 is 6.10. The smallest absolute Gasteiger partial charge is 0.335 e. The van der Waals surface area contributed by atoms with Gasteiger partial charge in [-0.3, -0.25) is 14.3 Å². The molecule has 2 aromatic heterocycles. The summed E-state index contributed by atoms with van der Waals surface area (Å²) in [5.41, 5.74) is 0.0530. The van der Waals surface area contributed by atoms with Crippen LogP contribution in [0.3, 0.4) is 0 Å². The van der Waals surface area contributed by atoms with Crippen LogP contribution in [0.1, 0.15) is 30.4 Å². The maximum atomic E-state index is 13.5. The number of rotatable bonds is 3. The molecule has 1 saturated heterocycles. The molecule has 2 aliphatic rings. The van der Waals surface area contributed by atoms with Crippen molar-refractivity contribution >= 4 is 17.5 Å². The zero-order chi connectivity index (χ0) is 19.1. The van der Waals surface area contributed by atoms with Gasteiger partial charge in [-0.2, -0.15) is 5.10 Å². The average molecular weight is 398 g/mol. The van der Waals surface area contributed by atoms with E-state index in [0.29, 0.717) is 35.8 Å². The van der Waals surface area contributed by atoms with Crippen molar-refractivity contribution in [3.05, 3.63) is 45.4 Å². The number of hydrogen-bond donors (Lipinski definition) is 0. The lowest BCUT2D eigenvalue weighted by atomic mass is 10.0. The molecule has 0 radical (unpaired) electrons. The number of fused-ring (bicyclic) bond motifs is 1. The van der Waals surface area contributed by atoms with Gasteiger partial charge in [0.05, 0.1) is 30.4 Å². The molecule has 0 unspecified atom stereocenters. The summed E-state index contributed by atoms with van der Waals surface area (Å²) in [5.74, 6) is 0.0562. The fraction of sp³-hybridized carbons (Fsp3) is 0.529. The number of likely N-dealkylation sites (tertiary alicyclic amines) is 1. The van der Waals surface area contributed by atoms with Gasteiger partial charge < -0.3 is 4.90 Å². The van der Waals surface area contributed by atoms with Crippen molar-refractivity contribution in [1.82, 2.24) is 24.2 Å². The molecular formula is C17H18ClF2N5O2. The second-order valence-corrected chi connectivity index (χ2v) is 7.25. The van der Waals surface area contributed by atoms with Crippen LogP contribution in [0.25, 0.3) is 0 Å². The van der Waals surface area contributed by atoms with E-state index in [2.05, 4.69) is 10.1 Å². The van der Waals surface area contributed by atoms with E-state index < -0.39 is 30.0 Å². The molecule has 4 heterocycles. The Hall–Kier alpha value is -2.29. The van der Waals surface area contributed by atoms with Crippen molar-refractivity contribution in [2.24, 2.45) is 0 Å². The highest BCUT2D eigenvalue weighted by molar-refractivity contribution is 6.31. The van der Waals surface area contributed by atoms with Gasteiger partial charge in [0, 0.05) is 12.6 Å². The van der Waals surface area contributed by atoms with Gasteiger partial charge in [0.15, 0.2) is 12.3 Å². The summed E-state index contributed by atoms with van der Waals surface area (Å²) in [4.78, 5) is 31.0. The number of carbonyl (C=O) groups excluding carboxylic acids is 1. The van der Waals surface area contributed by atoms with E-state index in [4.69, 9.17) is 11.6 Å². The number of carbonyl (C=O) groups is 1. The Morgan fingerprint density at radius 1 is 1.30 bits per heavy atom. The van der Waals surface area contributed by atoms with Crippen LogP contribution in [0.4, 0.5) is 8.78 Å². The van der Waals surface area contributed by atoms with Crippen molar-refractivity contribution < 1.29 is 13.6 Å². The third-order valence-corrected chi connectivity index (χ3v) is 5.39. The average Bonchev–Trinajstić information content (AvgIpc) is 3.16. The Morgan fingerprint density at radius 3 is 2.74 bits per heavy atom. The molecule has 4 rings (SSSR count). The molecule has 0 N–H and O–H groups in total. The maximum Gasteiger partial charge on any atom is 0.347 e. The largest absolute Gasteiger partial charge is 0.347 e. The Morgan fingerprint density at radius 2 is 2.04 bits per heavy atom. The first kappa shape index (κ1) is 18.1. The van der Waals surface area contributed by atoms with Gasteiger partial charge in [0.1, 0.15) is 11.9 Å². The topological polar surface area (TPSA) is 73.0 Å². The first-order valence-electron chi connectivity index (χ1n) is 8.80. The van der Waals surface area contributed by atoms with Crippen LogP contribution in [0, 0.1) is 0 Å². The van der Waals surface area contributed by atoms with E-state index in [1.54, 1.807) is 18.3 Å². The molecule has 0 spiro atoms. The molecule has 10 heteroatoms. The number of hydrogen-bond acceptors (Lipinski definition) is 4. The van der Waals surface area contributed by atoms with Crippen molar-refractivity contribution in [1.29, 1.82) is 0 Å². The van der Waals surface area contributed by atoms with E-state index in [1.807, 2.05) is 0 Å². The number of halogens is 3. The maximum absolute atomic E-state index is 13.5. The zero-order valence-electron chi connectivity index (χ0n) is 14.4. The van der Waals surface area contributed by atoms with Crippen LogP contribution in [-0.4, -0.2) is 55.6 Å². The van der Waals surface area contributed by atoms with E-state index in [-0.39, 0.29) is 19.6 Å². The Balaban J connectivity index is 1.63. The third-order valence-electron chi connectivity index (χ3n) is 5.04. The molecule has 144 valence electrons. The minimum atomic E-state index is -1.68. The molecule has 7 nitrogen and oxygen atoms in total. The Kier molecular flexibility index (Phi) is 4.71. The lowest BCUT2D eigenvalue weighted by Gasteiger charge is -2.26. The lowest BCUT2D eigenvalue weighted by Crippen LogP contribution is -2.42. The van der Waals surface area contributed by atoms with Gasteiger partial charge in [0.2, 0.25) is 5.91 Å². The Bertz CT molecular complexity index is 920. The minimum Gasteiger partial charge on any atom is -0.335 e. The van der Waals surface area contributed by atoms with Gasteiger partial charge >= 0.3 is 5.69 Å². The minimum absolute atomic E-state index is 0.0856. The second-order valence-electron chi connectivity index (χ2n) is 6.84. The summed E-state index contributed by atoms with van der Waals surface area (Å²) in [6.07, 6.45) is -0.122. The van der Waals surface area contributed by atoms with E-state index in [1.165, 1.54) is 9.25 Å². The summed E-state index contributed by atoms with van der Waals surface area (Å²) in [6, 6.07) is 2.57. The summed E-state index contributed by atoms with van der Waals surface area (Å²) in [6.45, 7) is -0.473. The summed E-state index contributed by atoms with van der Waals surface area (Å²) < 4.78 is 29.5. The van der Waals surface area contributed by atoms with Gasteiger partial charge in [-0.15, -0.1) is 0 Å². The molecule has 0 aromatic carbocycles. The van der Waals surface area contributed by atoms with Crippen LogP contribution in [0.5, 0.6) is 0 Å². The van der Waals surface area contributed by atoms with Gasteiger partial charge in [0.25, 0.3) is 0 Å². The van der Waals surface area contributed by atoms with Crippen molar-refractivity contribution in [2.75, 3.05) is 13.1 Å². The predicted molar refractivity (Wildman–Crippen MR) is 93.2 cm³/mol. The second kappa shape index (κ2) is 7.03. The molecular weight excluding hydrogens is 380 g/mol. The number of nitrogens with zero attached hydrogens (tertiary/aromatic N) is 5. The lowest BCUT2D eigenvalue weighted by molar-refractivity contribution is -0.134. The third kappa shape index (κ3) is 3.24. The molecule has 27 heavy (non-hydrogen) atoms. The number of pyridine rings is 1. The molecule has 1 amide bonds. The standard InChI is InChI=1S/C17H18ClF2N5O2/c18-10-3-2-6-21-13(10)9-24-17(27)25-14(4-1-5-15(25)22-24)16(26)23-7-11(19)12(20)8-23/h2-3,6,11-12,14H,1,4-5,7-9H2/t11-,12+,14-/m0/s1. The quantitative estimate of drug-likeness (QED) is 0.787. The highest BCUT2D eigenvalue weighted by atomic mass is 35.5. The van der Waals surface area contributed by atoms with Crippen molar-refractivity contribution in [3.8, 4) is 0 Å². The van der Waals surface area contributed by atoms with E-state index in [9.17, 15) is 18.4 Å². The SMILES string of the molecule is O=C([C@@H]1CCCc2nn(Cc3ncccc3Cl)c(=O)n21)N1C[C@@H](F)[C@@H](F)C1. The molecule has 0 aliphatic carbocycles. The number of alkyl halides is 2. The summed E-state index contributed by atoms with van der Waals surface area (Å²) in [5, 5.41) is 4.74. The normalized spacial score (nSPS) is 24.9. The van der Waals surface area contributed by atoms with Gasteiger partial charge in [-0.05, 0) is 25.0 Å². The van der Waals surface area contributed by atoms with E-state index >= 15 is 0 Å². The number of aromatic nitrogens is 4. The number of aryl methyl sites for hydroxylation is 1. The Labute approximate surface area is 158 Å². The molecule has 2 aliphatic heterocycles. The van der Waals surface area contributed by atoms with Crippen LogP contribution in [-0.2, 0) is 17.8 Å². The highest BCUT2D eigenvalue weighted by Gasteiger charge is 2.40. The predicted octanol–water partition coefficient (Wildman–Crippen LogP) is 1.54. The van der Waals surface area contributed by atoms with Crippen molar-refractivity contribution in [2.45, 2.75) is 44.2 Å². The fourth-order valence-electron chi connectivity index (χ4n) is 3.66. The first-order chi connectivity index (χ1) is 13.0. The molecule has 2 aromatic rings. The van der Waals surface area contributed by atoms with Crippen LogP contribution < -0.4 is 5.69 Å². The van der Waals surface area contributed by atoms with Gasteiger partial charge in [-0.25, -0.2) is 18.3 Å². The molecule has 0 bridgehead atoms. The monoisotopic (exact) mass is 397 g/mol. The van der Waals surface area contributed by atoms with Crippen LogP contribution in [0.2, 0.25) is 5.02 Å². The number of amides is 1. The zero-order valence-corrected chi connectivity index (χ0v) is 15.1. The first-order valence-corrected chi connectivity index (χ1v) is 9.18.